The molecular weight excluding hydrogens is 178 g/mol. The first-order valence-corrected chi connectivity index (χ1v) is 5.16. The fourth-order valence-electron chi connectivity index (χ4n) is 1.30. The second kappa shape index (κ2) is 6.06. The zero-order valence-corrected chi connectivity index (χ0v) is 9.00. The third kappa shape index (κ3) is 4.96. The molecule has 0 unspecified atom stereocenters. The van der Waals surface area contributed by atoms with Crippen LogP contribution in [-0.4, -0.2) is 25.0 Å². The van der Waals surface area contributed by atoms with Crippen LogP contribution in [0.25, 0.3) is 0 Å². The molecule has 0 aliphatic carbocycles. The lowest BCUT2D eigenvalue weighted by molar-refractivity contribution is 0.418. The van der Waals surface area contributed by atoms with Gasteiger partial charge < -0.3 is 4.90 Å². The zero-order chi connectivity index (χ0) is 9.52. The maximum Gasteiger partial charge on any atom is 0.00399 e. The summed E-state index contributed by atoms with van der Waals surface area (Å²) in [5, 5.41) is 0. The standard InChI is InChI=1S/C6H6S.C5H11N/c7-6-4-2-1-3-5-6;1-6-4-2-3-5-6/h1-5,7H;2-5H2,1H3. The van der Waals surface area contributed by atoms with Crippen LogP contribution < -0.4 is 0 Å². The summed E-state index contributed by atoms with van der Waals surface area (Å²) in [5.41, 5.74) is 0. The van der Waals surface area contributed by atoms with Crippen LogP contribution in [0.1, 0.15) is 12.8 Å². The third-order valence-corrected chi connectivity index (χ3v) is 2.38. The van der Waals surface area contributed by atoms with E-state index in [1.165, 1.54) is 25.9 Å². The average Bonchev–Trinajstić information content (AvgIpc) is 2.58. The number of nitrogens with zero attached hydrogens (tertiary/aromatic N) is 1. The van der Waals surface area contributed by atoms with Gasteiger partial charge in [0.2, 0.25) is 0 Å². The normalized spacial score (nSPS) is 16.5. The largest absolute Gasteiger partial charge is 0.306 e. The van der Waals surface area contributed by atoms with E-state index in [2.05, 4.69) is 24.6 Å². The Morgan fingerprint density at radius 2 is 1.62 bits per heavy atom. The molecule has 1 aliphatic heterocycles. The Bertz CT molecular complexity index is 217. The molecule has 0 N–H and O–H groups in total. The molecule has 72 valence electrons. The van der Waals surface area contributed by atoms with Crippen LogP contribution in [0, 0.1) is 0 Å². The summed E-state index contributed by atoms with van der Waals surface area (Å²) in [5.74, 6) is 0. The molecule has 1 aromatic carbocycles. The molecular formula is C11H17NS. The Morgan fingerprint density at radius 3 is 1.85 bits per heavy atom. The van der Waals surface area contributed by atoms with E-state index >= 15 is 0 Å². The first kappa shape index (κ1) is 10.6. The molecule has 1 aliphatic rings. The minimum atomic E-state index is 1.02. The first-order chi connectivity index (χ1) is 6.29. The molecule has 13 heavy (non-hydrogen) atoms. The second-order valence-electron chi connectivity index (χ2n) is 3.35. The maximum atomic E-state index is 4.08. The SMILES string of the molecule is CN1CCCC1.Sc1ccccc1. The minimum Gasteiger partial charge on any atom is -0.306 e. The van der Waals surface area contributed by atoms with Gasteiger partial charge in [0.05, 0.1) is 0 Å². The molecule has 0 bridgehead atoms. The summed E-state index contributed by atoms with van der Waals surface area (Å²) in [4.78, 5) is 3.38. The van der Waals surface area contributed by atoms with Gasteiger partial charge in [-0.25, -0.2) is 0 Å². The van der Waals surface area contributed by atoms with E-state index in [4.69, 9.17) is 0 Å². The van der Waals surface area contributed by atoms with E-state index in [9.17, 15) is 0 Å². The Morgan fingerprint density at radius 1 is 1.08 bits per heavy atom. The number of likely N-dealkylation sites (tertiary alicyclic amines) is 1. The fourth-order valence-corrected chi connectivity index (χ4v) is 1.48. The highest BCUT2D eigenvalue weighted by atomic mass is 32.1. The molecule has 1 aromatic rings. The second-order valence-corrected chi connectivity index (χ2v) is 3.86. The number of hydrogen-bond donors (Lipinski definition) is 1. The van der Waals surface area contributed by atoms with E-state index in [0.29, 0.717) is 0 Å². The molecule has 1 heterocycles. The number of thiol groups is 1. The van der Waals surface area contributed by atoms with Crippen LogP contribution in [-0.2, 0) is 0 Å². The maximum absolute atomic E-state index is 4.08. The van der Waals surface area contributed by atoms with E-state index < -0.39 is 0 Å². The molecule has 2 heteroatoms. The molecule has 0 atom stereocenters. The van der Waals surface area contributed by atoms with Gasteiger partial charge in [-0.2, -0.15) is 0 Å². The molecule has 0 spiro atoms. The summed E-state index contributed by atoms with van der Waals surface area (Å²) in [6, 6.07) is 9.79. The monoisotopic (exact) mass is 195 g/mol. The van der Waals surface area contributed by atoms with Gasteiger partial charge in [-0.3, -0.25) is 0 Å². The molecule has 2 rings (SSSR count). The van der Waals surface area contributed by atoms with Gasteiger partial charge in [0, 0.05) is 4.90 Å². The topological polar surface area (TPSA) is 3.24 Å². The van der Waals surface area contributed by atoms with Crippen molar-refractivity contribution in [1.29, 1.82) is 0 Å². The van der Waals surface area contributed by atoms with Crippen molar-refractivity contribution in [3.8, 4) is 0 Å². The van der Waals surface area contributed by atoms with Crippen molar-refractivity contribution in [3.05, 3.63) is 30.3 Å². The Labute approximate surface area is 86.2 Å². The lowest BCUT2D eigenvalue weighted by Crippen LogP contribution is -2.10. The van der Waals surface area contributed by atoms with E-state index in [-0.39, 0.29) is 0 Å². The summed E-state index contributed by atoms with van der Waals surface area (Å²) < 4.78 is 0. The molecule has 0 amide bonds. The highest BCUT2D eigenvalue weighted by Gasteiger charge is 2.03. The van der Waals surface area contributed by atoms with Gasteiger partial charge in [0.25, 0.3) is 0 Å². The predicted octanol–water partition coefficient (Wildman–Crippen LogP) is 2.69. The first-order valence-electron chi connectivity index (χ1n) is 4.71. The summed E-state index contributed by atoms with van der Waals surface area (Å²) >= 11 is 4.08. The van der Waals surface area contributed by atoms with Crippen LogP contribution in [0.2, 0.25) is 0 Å². The Balaban J connectivity index is 0.000000132. The van der Waals surface area contributed by atoms with Crippen molar-refractivity contribution in [1.82, 2.24) is 4.90 Å². The van der Waals surface area contributed by atoms with Crippen molar-refractivity contribution in [2.24, 2.45) is 0 Å². The van der Waals surface area contributed by atoms with Gasteiger partial charge in [-0.05, 0) is 45.1 Å². The molecule has 1 fully saturated rings. The van der Waals surface area contributed by atoms with Crippen molar-refractivity contribution in [3.63, 3.8) is 0 Å². The third-order valence-electron chi connectivity index (χ3n) is 2.09. The quantitative estimate of drug-likeness (QED) is 0.623. The Kier molecular flexibility index (Phi) is 4.94. The van der Waals surface area contributed by atoms with Gasteiger partial charge >= 0.3 is 0 Å². The van der Waals surface area contributed by atoms with Gasteiger partial charge in [-0.15, -0.1) is 12.6 Å². The molecule has 0 aromatic heterocycles. The van der Waals surface area contributed by atoms with E-state index in [1.807, 2.05) is 30.3 Å². The van der Waals surface area contributed by atoms with Gasteiger partial charge in [0.1, 0.15) is 0 Å². The van der Waals surface area contributed by atoms with E-state index in [1.54, 1.807) is 0 Å². The molecule has 0 radical (unpaired) electrons. The number of rotatable bonds is 0. The molecule has 0 saturated carbocycles. The summed E-state index contributed by atoms with van der Waals surface area (Å²) in [6.45, 7) is 2.64. The fraction of sp³-hybridized carbons (Fsp3) is 0.455. The smallest absolute Gasteiger partial charge is 0.00399 e. The number of hydrogen-bond acceptors (Lipinski definition) is 2. The predicted molar refractivity (Wildman–Crippen MR) is 60.4 cm³/mol. The zero-order valence-electron chi connectivity index (χ0n) is 8.11. The lowest BCUT2D eigenvalue weighted by atomic mass is 10.4. The van der Waals surface area contributed by atoms with Crippen LogP contribution >= 0.6 is 12.6 Å². The van der Waals surface area contributed by atoms with Gasteiger partial charge in [-0.1, -0.05) is 18.2 Å². The van der Waals surface area contributed by atoms with Crippen LogP contribution in [0.3, 0.4) is 0 Å². The van der Waals surface area contributed by atoms with Crippen LogP contribution in [0.4, 0.5) is 0 Å². The van der Waals surface area contributed by atoms with Crippen molar-refractivity contribution < 1.29 is 0 Å². The van der Waals surface area contributed by atoms with Crippen LogP contribution in [0.5, 0.6) is 0 Å². The Hall–Kier alpha value is -0.470. The minimum absolute atomic E-state index is 1.02. The molecule has 1 saturated heterocycles. The van der Waals surface area contributed by atoms with Crippen molar-refractivity contribution in [2.75, 3.05) is 20.1 Å². The number of benzene rings is 1. The van der Waals surface area contributed by atoms with Crippen LogP contribution in [0.15, 0.2) is 35.2 Å². The average molecular weight is 195 g/mol. The van der Waals surface area contributed by atoms with Gasteiger partial charge in [0.15, 0.2) is 0 Å². The lowest BCUT2D eigenvalue weighted by Gasteiger charge is -2.01. The highest BCUT2D eigenvalue weighted by Crippen LogP contribution is 2.02. The van der Waals surface area contributed by atoms with Crippen molar-refractivity contribution >= 4 is 12.6 Å². The summed E-state index contributed by atoms with van der Waals surface area (Å²) in [7, 11) is 2.17. The van der Waals surface area contributed by atoms with E-state index in [0.717, 1.165) is 4.90 Å². The molecule has 1 nitrogen and oxygen atoms in total. The van der Waals surface area contributed by atoms with Crippen molar-refractivity contribution in [2.45, 2.75) is 17.7 Å². The summed E-state index contributed by atoms with van der Waals surface area (Å²) in [6.07, 6.45) is 2.83. The highest BCUT2D eigenvalue weighted by molar-refractivity contribution is 7.80.